The Morgan fingerprint density at radius 2 is 2.09 bits per heavy atom. The number of carbonyl (C=O) groups is 1. The van der Waals surface area contributed by atoms with E-state index >= 15 is 0 Å². The third-order valence-corrected chi connectivity index (χ3v) is 6.32. The van der Waals surface area contributed by atoms with Gasteiger partial charge in [-0.2, -0.15) is 0 Å². The fraction of sp³-hybridized carbons (Fsp3) is 0.588. The number of rotatable bonds is 2. The zero-order valence-electron chi connectivity index (χ0n) is 13.2. The molecule has 3 heterocycles. The van der Waals surface area contributed by atoms with Gasteiger partial charge in [0, 0.05) is 37.9 Å². The summed E-state index contributed by atoms with van der Waals surface area (Å²) in [5.41, 5.74) is 0.676. The van der Waals surface area contributed by atoms with Gasteiger partial charge in [0.15, 0.2) is 11.5 Å². The predicted octanol–water partition coefficient (Wildman–Crippen LogP) is 2.19. The van der Waals surface area contributed by atoms with Gasteiger partial charge in [0.1, 0.15) is 0 Å². The summed E-state index contributed by atoms with van der Waals surface area (Å²) >= 11 is 1.94. The summed E-state index contributed by atoms with van der Waals surface area (Å²) in [7, 11) is 1.77. The number of methoxy groups -OCH3 is 1. The van der Waals surface area contributed by atoms with Gasteiger partial charge in [-0.25, -0.2) is 0 Å². The maximum absolute atomic E-state index is 12.7. The second-order valence-corrected chi connectivity index (χ2v) is 7.92. The Morgan fingerprint density at radius 3 is 2.83 bits per heavy atom. The van der Waals surface area contributed by atoms with Crippen LogP contribution in [0.15, 0.2) is 18.2 Å². The molecule has 0 bridgehead atoms. The van der Waals surface area contributed by atoms with Crippen molar-refractivity contribution >= 4 is 17.7 Å². The van der Waals surface area contributed by atoms with Crippen LogP contribution in [0, 0.1) is 0 Å². The van der Waals surface area contributed by atoms with Crippen molar-refractivity contribution in [3.63, 3.8) is 0 Å². The molecule has 0 aromatic heterocycles. The SMILES string of the molecule is CO[C@@H]1CSC2(C1)CN(C(=O)c1ccc3c(c1)OCCCO3)C2. The van der Waals surface area contributed by atoms with E-state index < -0.39 is 0 Å². The molecule has 2 saturated heterocycles. The Kier molecular flexibility index (Phi) is 3.89. The van der Waals surface area contributed by atoms with Gasteiger partial charge in [0.05, 0.1) is 24.1 Å². The van der Waals surface area contributed by atoms with Crippen molar-refractivity contribution in [1.29, 1.82) is 0 Å². The number of fused-ring (bicyclic) bond motifs is 1. The number of hydrogen-bond donors (Lipinski definition) is 0. The predicted molar refractivity (Wildman–Crippen MR) is 88.6 cm³/mol. The van der Waals surface area contributed by atoms with Gasteiger partial charge in [-0.1, -0.05) is 0 Å². The van der Waals surface area contributed by atoms with E-state index in [1.807, 2.05) is 34.9 Å². The molecule has 0 saturated carbocycles. The van der Waals surface area contributed by atoms with E-state index in [2.05, 4.69) is 0 Å². The van der Waals surface area contributed by atoms with Crippen LogP contribution in [0.4, 0.5) is 0 Å². The van der Waals surface area contributed by atoms with Gasteiger partial charge in [0.2, 0.25) is 0 Å². The lowest BCUT2D eigenvalue weighted by Crippen LogP contribution is -2.60. The first-order chi connectivity index (χ1) is 11.2. The number of likely N-dealkylation sites (tertiary alicyclic amines) is 1. The molecular formula is C17H21NO4S. The van der Waals surface area contributed by atoms with E-state index in [0.29, 0.717) is 30.6 Å². The zero-order valence-corrected chi connectivity index (χ0v) is 14.1. The molecule has 1 amide bonds. The molecule has 0 aliphatic carbocycles. The minimum Gasteiger partial charge on any atom is -0.490 e. The average Bonchev–Trinajstić information content (AvgIpc) is 2.84. The highest BCUT2D eigenvalue weighted by atomic mass is 32.2. The van der Waals surface area contributed by atoms with Crippen LogP contribution in [0.3, 0.4) is 0 Å². The van der Waals surface area contributed by atoms with E-state index in [0.717, 1.165) is 37.4 Å². The number of amides is 1. The lowest BCUT2D eigenvalue weighted by molar-refractivity contribution is 0.0451. The van der Waals surface area contributed by atoms with Gasteiger partial charge in [-0.3, -0.25) is 4.79 Å². The van der Waals surface area contributed by atoms with Crippen LogP contribution in [0.2, 0.25) is 0 Å². The fourth-order valence-electron chi connectivity index (χ4n) is 3.45. The van der Waals surface area contributed by atoms with Crippen LogP contribution in [0.25, 0.3) is 0 Å². The monoisotopic (exact) mass is 335 g/mol. The maximum Gasteiger partial charge on any atom is 0.254 e. The highest BCUT2D eigenvalue weighted by Crippen LogP contribution is 2.46. The number of nitrogens with zero attached hydrogens (tertiary/aromatic N) is 1. The first-order valence-corrected chi connectivity index (χ1v) is 9.03. The number of benzene rings is 1. The standard InChI is InChI=1S/C17H21NO4S/c1-20-13-8-17(23-9-13)10-18(11-17)16(19)12-3-4-14-15(7-12)22-6-2-5-21-14/h3-4,7,13H,2,5-6,8-11H2,1H3/t13-/m0/s1. The summed E-state index contributed by atoms with van der Waals surface area (Å²) in [6.45, 7) is 2.91. The second-order valence-electron chi connectivity index (χ2n) is 6.43. The third-order valence-electron chi connectivity index (χ3n) is 4.75. The molecule has 0 radical (unpaired) electrons. The number of thioether (sulfide) groups is 1. The Hall–Kier alpha value is -1.40. The Bertz CT molecular complexity index is 615. The fourth-order valence-corrected chi connectivity index (χ4v) is 5.04. The number of carbonyl (C=O) groups excluding carboxylic acids is 1. The van der Waals surface area contributed by atoms with Crippen molar-refractivity contribution in [2.24, 2.45) is 0 Å². The first-order valence-electron chi connectivity index (χ1n) is 8.05. The third kappa shape index (κ3) is 2.78. The van der Waals surface area contributed by atoms with E-state index in [4.69, 9.17) is 14.2 Å². The van der Waals surface area contributed by atoms with Crippen molar-refractivity contribution in [3.05, 3.63) is 23.8 Å². The van der Waals surface area contributed by atoms with Gasteiger partial charge < -0.3 is 19.1 Å². The zero-order chi connectivity index (χ0) is 15.9. The summed E-state index contributed by atoms with van der Waals surface area (Å²) in [5.74, 6) is 2.52. The molecule has 1 atom stereocenters. The van der Waals surface area contributed by atoms with Crippen LogP contribution in [0.1, 0.15) is 23.2 Å². The molecular weight excluding hydrogens is 314 g/mol. The largest absolute Gasteiger partial charge is 0.490 e. The summed E-state index contributed by atoms with van der Waals surface area (Å²) < 4.78 is 16.9. The van der Waals surface area contributed by atoms with Gasteiger partial charge in [-0.05, 0) is 24.6 Å². The van der Waals surface area contributed by atoms with Gasteiger partial charge >= 0.3 is 0 Å². The van der Waals surface area contributed by atoms with Crippen molar-refractivity contribution < 1.29 is 19.0 Å². The van der Waals surface area contributed by atoms with Crippen molar-refractivity contribution in [2.45, 2.75) is 23.7 Å². The molecule has 124 valence electrons. The number of hydrogen-bond acceptors (Lipinski definition) is 5. The van der Waals surface area contributed by atoms with Crippen LogP contribution < -0.4 is 9.47 Å². The quantitative estimate of drug-likeness (QED) is 0.829. The van der Waals surface area contributed by atoms with Gasteiger partial charge in [-0.15, -0.1) is 11.8 Å². The normalized spacial score (nSPS) is 25.1. The van der Waals surface area contributed by atoms with Crippen molar-refractivity contribution in [2.75, 3.05) is 39.2 Å². The van der Waals surface area contributed by atoms with Gasteiger partial charge in [0.25, 0.3) is 5.91 Å². The van der Waals surface area contributed by atoms with E-state index in [1.165, 1.54) is 0 Å². The molecule has 0 unspecified atom stereocenters. The highest BCUT2D eigenvalue weighted by molar-refractivity contribution is 8.01. The van der Waals surface area contributed by atoms with Crippen LogP contribution in [-0.2, 0) is 4.74 Å². The van der Waals surface area contributed by atoms with E-state index in [-0.39, 0.29) is 10.7 Å². The molecule has 1 aromatic carbocycles. The average molecular weight is 335 g/mol. The molecule has 23 heavy (non-hydrogen) atoms. The van der Waals surface area contributed by atoms with Crippen LogP contribution in [0.5, 0.6) is 11.5 Å². The number of ether oxygens (including phenoxy) is 3. The topological polar surface area (TPSA) is 48.0 Å². The maximum atomic E-state index is 12.7. The second kappa shape index (κ2) is 5.91. The summed E-state index contributed by atoms with van der Waals surface area (Å²) in [6, 6.07) is 5.49. The first kappa shape index (κ1) is 15.1. The molecule has 4 rings (SSSR count). The lowest BCUT2D eigenvalue weighted by Gasteiger charge is -2.47. The Balaban J connectivity index is 1.44. The molecule has 1 spiro atoms. The lowest BCUT2D eigenvalue weighted by atomic mass is 9.92. The van der Waals surface area contributed by atoms with Crippen LogP contribution >= 0.6 is 11.8 Å². The molecule has 5 nitrogen and oxygen atoms in total. The molecule has 1 aromatic rings. The Labute approximate surface area is 140 Å². The molecule has 3 aliphatic heterocycles. The van der Waals surface area contributed by atoms with Crippen LogP contribution in [-0.4, -0.2) is 60.8 Å². The minimum atomic E-state index is 0.0766. The van der Waals surface area contributed by atoms with E-state index in [1.54, 1.807) is 7.11 Å². The smallest absolute Gasteiger partial charge is 0.254 e. The van der Waals surface area contributed by atoms with Crippen molar-refractivity contribution in [3.8, 4) is 11.5 Å². The highest BCUT2D eigenvalue weighted by Gasteiger charge is 2.50. The van der Waals surface area contributed by atoms with Crippen molar-refractivity contribution in [1.82, 2.24) is 4.90 Å². The molecule has 0 N–H and O–H groups in total. The molecule has 2 fully saturated rings. The molecule has 6 heteroatoms. The van der Waals surface area contributed by atoms with E-state index in [9.17, 15) is 4.79 Å². The minimum absolute atomic E-state index is 0.0766. The Morgan fingerprint density at radius 1 is 1.30 bits per heavy atom. The summed E-state index contributed by atoms with van der Waals surface area (Å²) in [6.07, 6.45) is 2.24. The summed E-state index contributed by atoms with van der Waals surface area (Å²) in [5, 5.41) is 0. The molecule has 3 aliphatic rings. The summed E-state index contributed by atoms with van der Waals surface area (Å²) in [4.78, 5) is 14.6.